The minimum atomic E-state index is -0.268. The van der Waals surface area contributed by atoms with Gasteiger partial charge in [0.25, 0.3) is 0 Å². The lowest BCUT2D eigenvalue weighted by atomic mass is 10.1. The van der Waals surface area contributed by atoms with Gasteiger partial charge in [0.1, 0.15) is 5.82 Å². The van der Waals surface area contributed by atoms with Crippen molar-refractivity contribution in [3.63, 3.8) is 0 Å². The Kier molecular flexibility index (Phi) is 4.92. The highest BCUT2D eigenvalue weighted by molar-refractivity contribution is 5.95. The molecule has 2 aliphatic rings. The molecule has 1 aliphatic carbocycles. The molecule has 0 atom stereocenters. The molecular formula is C22H23FN2O2. The molecule has 0 radical (unpaired) electrons. The van der Waals surface area contributed by atoms with Gasteiger partial charge in [-0.15, -0.1) is 0 Å². The predicted molar refractivity (Wildman–Crippen MR) is 102 cm³/mol. The van der Waals surface area contributed by atoms with Gasteiger partial charge in [0.2, 0.25) is 11.8 Å². The highest BCUT2D eigenvalue weighted by Gasteiger charge is 2.33. The van der Waals surface area contributed by atoms with Crippen molar-refractivity contribution in [2.24, 2.45) is 0 Å². The van der Waals surface area contributed by atoms with Crippen molar-refractivity contribution in [1.29, 1.82) is 0 Å². The summed E-state index contributed by atoms with van der Waals surface area (Å²) in [5, 5.41) is 0. The van der Waals surface area contributed by atoms with E-state index in [1.54, 1.807) is 28.0 Å². The van der Waals surface area contributed by atoms with E-state index in [0.29, 0.717) is 24.9 Å². The van der Waals surface area contributed by atoms with E-state index in [9.17, 15) is 14.0 Å². The fourth-order valence-electron chi connectivity index (χ4n) is 3.61. The molecule has 27 heavy (non-hydrogen) atoms. The summed E-state index contributed by atoms with van der Waals surface area (Å²) in [4.78, 5) is 28.3. The molecule has 1 saturated carbocycles. The SMILES string of the molecule is O=C1CCCN1c1ccc(CC(=O)N(Cc2ccccc2F)C2CC2)cc1. The zero-order chi connectivity index (χ0) is 18.8. The van der Waals surface area contributed by atoms with E-state index in [1.807, 2.05) is 24.3 Å². The third-order valence-corrected chi connectivity index (χ3v) is 5.28. The number of amides is 2. The van der Waals surface area contributed by atoms with Crippen LogP contribution in [0.5, 0.6) is 0 Å². The average Bonchev–Trinajstić information content (AvgIpc) is 3.42. The van der Waals surface area contributed by atoms with Crippen LogP contribution >= 0.6 is 0 Å². The zero-order valence-corrected chi connectivity index (χ0v) is 15.2. The number of nitrogens with zero attached hydrogens (tertiary/aromatic N) is 2. The lowest BCUT2D eigenvalue weighted by Gasteiger charge is -2.23. The Morgan fingerprint density at radius 3 is 2.48 bits per heavy atom. The van der Waals surface area contributed by atoms with Crippen LogP contribution in [0.15, 0.2) is 48.5 Å². The predicted octanol–water partition coefficient (Wildman–Crippen LogP) is 3.69. The van der Waals surface area contributed by atoms with Crippen LogP contribution in [0.3, 0.4) is 0 Å². The number of benzene rings is 2. The van der Waals surface area contributed by atoms with Gasteiger partial charge in [0.15, 0.2) is 0 Å². The standard InChI is InChI=1S/C22H23FN2O2/c23-20-5-2-1-4-17(20)15-25(19-11-12-19)22(27)14-16-7-9-18(10-8-16)24-13-3-6-21(24)26/h1-2,4-5,7-10,19H,3,6,11-15H2. The van der Waals surface area contributed by atoms with Crippen molar-refractivity contribution < 1.29 is 14.0 Å². The van der Waals surface area contributed by atoms with Crippen LogP contribution in [0.2, 0.25) is 0 Å². The zero-order valence-electron chi connectivity index (χ0n) is 15.2. The maximum Gasteiger partial charge on any atom is 0.227 e. The molecule has 140 valence electrons. The Bertz CT molecular complexity index is 846. The van der Waals surface area contributed by atoms with E-state index in [2.05, 4.69) is 0 Å². The third kappa shape index (κ3) is 4.02. The van der Waals surface area contributed by atoms with Crippen molar-refractivity contribution >= 4 is 17.5 Å². The minimum Gasteiger partial charge on any atom is -0.335 e. The maximum absolute atomic E-state index is 14.0. The van der Waals surface area contributed by atoms with Crippen LogP contribution in [0.1, 0.15) is 36.8 Å². The van der Waals surface area contributed by atoms with Gasteiger partial charge in [0, 0.05) is 36.8 Å². The van der Waals surface area contributed by atoms with Crippen molar-refractivity contribution in [1.82, 2.24) is 4.90 Å². The van der Waals surface area contributed by atoms with Gasteiger partial charge in [-0.2, -0.15) is 0 Å². The minimum absolute atomic E-state index is 0.0192. The first-order chi connectivity index (χ1) is 13.1. The molecule has 2 amide bonds. The Balaban J connectivity index is 1.43. The van der Waals surface area contributed by atoms with Gasteiger partial charge < -0.3 is 9.80 Å². The lowest BCUT2D eigenvalue weighted by Crippen LogP contribution is -2.34. The summed E-state index contributed by atoms with van der Waals surface area (Å²) in [5.74, 6) is -0.0926. The van der Waals surface area contributed by atoms with Crippen LogP contribution in [-0.2, 0) is 22.6 Å². The number of carbonyl (C=O) groups is 2. The smallest absolute Gasteiger partial charge is 0.227 e. The molecule has 0 spiro atoms. The summed E-state index contributed by atoms with van der Waals surface area (Å²) in [6, 6.07) is 14.5. The first-order valence-corrected chi connectivity index (χ1v) is 9.54. The highest BCUT2D eigenvalue weighted by Crippen LogP contribution is 2.30. The lowest BCUT2D eigenvalue weighted by molar-refractivity contribution is -0.131. The molecule has 2 aromatic carbocycles. The molecule has 0 bridgehead atoms. The molecule has 0 aromatic heterocycles. The van der Waals surface area contributed by atoms with Crippen LogP contribution in [0, 0.1) is 5.82 Å². The van der Waals surface area contributed by atoms with E-state index >= 15 is 0 Å². The molecular weight excluding hydrogens is 343 g/mol. The largest absolute Gasteiger partial charge is 0.335 e. The number of halogens is 1. The highest BCUT2D eigenvalue weighted by atomic mass is 19.1. The molecule has 1 saturated heterocycles. The topological polar surface area (TPSA) is 40.6 Å². The maximum atomic E-state index is 14.0. The van der Waals surface area contributed by atoms with E-state index in [1.165, 1.54) is 6.07 Å². The van der Waals surface area contributed by atoms with Crippen LogP contribution in [0.25, 0.3) is 0 Å². The van der Waals surface area contributed by atoms with Crippen molar-refractivity contribution in [2.45, 2.75) is 44.7 Å². The van der Waals surface area contributed by atoms with Crippen molar-refractivity contribution in [3.8, 4) is 0 Å². The third-order valence-electron chi connectivity index (χ3n) is 5.28. The fourth-order valence-corrected chi connectivity index (χ4v) is 3.61. The van der Waals surface area contributed by atoms with Crippen LogP contribution in [0.4, 0.5) is 10.1 Å². The molecule has 2 aromatic rings. The molecule has 1 aliphatic heterocycles. The molecule has 2 fully saturated rings. The Hall–Kier alpha value is -2.69. The number of anilines is 1. The Morgan fingerprint density at radius 1 is 1.11 bits per heavy atom. The summed E-state index contributed by atoms with van der Waals surface area (Å²) in [5.41, 5.74) is 2.36. The van der Waals surface area contributed by atoms with E-state index < -0.39 is 0 Å². The second-order valence-electron chi connectivity index (χ2n) is 7.34. The second kappa shape index (κ2) is 7.51. The van der Waals surface area contributed by atoms with Gasteiger partial charge in [-0.05, 0) is 43.0 Å². The van der Waals surface area contributed by atoms with Gasteiger partial charge in [-0.25, -0.2) is 4.39 Å². The van der Waals surface area contributed by atoms with Gasteiger partial charge in [0.05, 0.1) is 6.42 Å². The summed E-state index contributed by atoms with van der Waals surface area (Å²) in [6.07, 6.45) is 3.75. The van der Waals surface area contributed by atoms with Crippen LogP contribution < -0.4 is 4.90 Å². The molecule has 5 heteroatoms. The summed E-state index contributed by atoms with van der Waals surface area (Å²) in [6.45, 7) is 1.08. The van der Waals surface area contributed by atoms with E-state index in [-0.39, 0.29) is 23.7 Å². The molecule has 0 N–H and O–H groups in total. The van der Waals surface area contributed by atoms with Gasteiger partial charge in [-0.1, -0.05) is 30.3 Å². The van der Waals surface area contributed by atoms with Crippen molar-refractivity contribution in [3.05, 3.63) is 65.5 Å². The number of carbonyl (C=O) groups excluding carboxylic acids is 2. The first-order valence-electron chi connectivity index (χ1n) is 9.54. The molecule has 1 heterocycles. The van der Waals surface area contributed by atoms with E-state index in [0.717, 1.165) is 37.1 Å². The normalized spacial score (nSPS) is 16.6. The fraction of sp³-hybridized carbons (Fsp3) is 0.364. The number of hydrogen-bond acceptors (Lipinski definition) is 2. The number of hydrogen-bond donors (Lipinski definition) is 0. The summed E-state index contributed by atoms with van der Waals surface area (Å²) >= 11 is 0. The monoisotopic (exact) mass is 366 g/mol. The Labute approximate surface area is 158 Å². The van der Waals surface area contributed by atoms with Crippen molar-refractivity contribution in [2.75, 3.05) is 11.4 Å². The molecule has 0 unspecified atom stereocenters. The quantitative estimate of drug-likeness (QED) is 0.782. The Morgan fingerprint density at radius 2 is 1.85 bits per heavy atom. The summed E-state index contributed by atoms with van der Waals surface area (Å²) < 4.78 is 14.0. The van der Waals surface area contributed by atoms with E-state index in [4.69, 9.17) is 0 Å². The summed E-state index contributed by atoms with van der Waals surface area (Å²) in [7, 11) is 0. The second-order valence-corrected chi connectivity index (χ2v) is 7.34. The van der Waals surface area contributed by atoms with Gasteiger partial charge >= 0.3 is 0 Å². The number of rotatable bonds is 6. The molecule has 4 nitrogen and oxygen atoms in total. The van der Waals surface area contributed by atoms with Crippen LogP contribution in [-0.4, -0.2) is 29.3 Å². The first kappa shape index (κ1) is 17.7. The average molecular weight is 366 g/mol. The van der Waals surface area contributed by atoms with Gasteiger partial charge in [-0.3, -0.25) is 9.59 Å². The molecule has 4 rings (SSSR count).